The highest BCUT2D eigenvalue weighted by atomic mass is 16.3. The fourth-order valence-electron chi connectivity index (χ4n) is 9.29. The second-order valence-electron chi connectivity index (χ2n) is 15.9. The Morgan fingerprint density at radius 1 is 0.419 bits per heavy atom. The molecular weight excluding hydrogens is 755 g/mol. The van der Waals surface area contributed by atoms with E-state index in [0.29, 0.717) is 0 Å². The van der Waals surface area contributed by atoms with Gasteiger partial charge in [-0.3, -0.25) is 4.99 Å². The van der Waals surface area contributed by atoms with Crippen LogP contribution in [0.4, 0.5) is 0 Å². The Labute approximate surface area is 359 Å². The molecule has 0 bridgehead atoms. The Hall–Kier alpha value is -8.21. The van der Waals surface area contributed by atoms with Crippen LogP contribution in [0.3, 0.4) is 0 Å². The zero-order chi connectivity index (χ0) is 41.0. The van der Waals surface area contributed by atoms with Crippen molar-refractivity contribution in [3.8, 4) is 39.1 Å². The second kappa shape index (κ2) is 14.8. The van der Waals surface area contributed by atoms with Gasteiger partial charge in [0.25, 0.3) is 0 Å². The van der Waals surface area contributed by atoms with Crippen LogP contribution in [-0.4, -0.2) is 10.3 Å². The summed E-state index contributed by atoms with van der Waals surface area (Å²) in [6, 6.07) is 77.5. The molecule has 0 amide bonds. The number of aromatic nitrogens is 1. The number of aliphatic imine (C=N–C) groups is 1. The lowest BCUT2D eigenvalue weighted by atomic mass is 9.95. The topological polar surface area (TPSA) is 42.5 Å². The highest BCUT2D eigenvalue weighted by Gasteiger charge is 2.26. The molecule has 2 aromatic heterocycles. The molecule has 62 heavy (non-hydrogen) atoms. The molecule has 9 aromatic carbocycles. The molecule has 11 aromatic rings. The Kier molecular flexibility index (Phi) is 8.53. The van der Waals surface area contributed by atoms with Crippen LogP contribution in [0, 0.1) is 0 Å². The molecule has 0 radical (unpaired) electrons. The molecule has 4 heteroatoms. The van der Waals surface area contributed by atoms with Gasteiger partial charge in [0.15, 0.2) is 5.58 Å². The predicted molar refractivity (Wildman–Crippen MR) is 258 cm³/mol. The van der Waals surface area contributed by atoms with E-state index in [0.717, 1.165) is 83.4 Å². The van der Waals surface area contributed by atoms with E-state index in [1.807, 2.05) is 0 Å². The molecule has 1 aliphatic rings. The van der Waals surface area contributed by atoms with Crippen molar-refractivity contribution in [1.82, 2.24) is 9.88 Å². The van der Waals surface area contributed by atoms with E-state index < -0.39 is 6.17 Å². The Morgan fingerprint density at radius 3 is 1.71 bits per heavy atom. The summed E-state index contributed by atoms with van der Waals surface area (Å²) in [5.41, 5.74) is 16.9. The molecule has 0 fully saturated rings. The van der Waals surface area contributed by atoms with Gasteiger partial charge >= 0.3 is 0 Å². The van der Waals surface area contributed by atoms with Crippen LogP contribution in [0.15, 0.2) is 234 Å². The summed E-state index contributed by atoms with van der Waals surface area (Å²) < 4.78 is 9.54. The zero-order valence-corrected chi connectivity index (χ0v) is 33.7. The lowest BCUT2D eigenvalue weighted by Gasteiger charge is -2.26. The first-order valence-electron chi connectivity index (χ1n) is 21.1. The van der Waals surface area contributed by atoms with Gasteiger partial charge in [-0.05, 0) is 87.5 Å². The fraction of sp³-hybridized carbons (Fsp3) is 0.0172. The number of rotatable bonds is 7. The number of fused-ring (bicyclic) bond motifs is 6. The maximum Gasteiger partial charge on any atom is 0.159 e. The van der Waals surface area contributed by atoms with Crippen LogP contribution in [-0.2, 0) is 0 Å². The number of para-hydroxylation sites is 2. The van der Waals surface area contributed by atoms with Crippen LogP contribution < -0.4 is 5.32 Å². The standard InChI is InChI=1S/C58H39N3O/c1-5-17-38(18-6-1)42-25-15-26-44(33-42)51-37-50(41-23-11-4-12-24-41)59-58(60-51)49-35-45(40-21-9-3-10-22-40)36-55-56(49)47-28-16-30-54(57(47)62-55)61-52-29-14-13-27-46(52)48-34-43(31-32-53(48)61)39-19-7-2-8-20-39/h1-37,58-59H. The van der Waals surface area contributed by atoms with Crippen molar-refractivity contribution in [2.45, 2.75) is 6.17 Å². The van der Waals surface area contributed by atoms with Crippen molar-refractivity contribution in [3.05, 3.63) is 241 Å². The second-order valence-corrected chi connectivity index (χ2v) is 15.9. The van der Waals surface area contributed by atoms with Crippen molar-refractivity contribution < 1.29 is 4.42 Å². The van der Waals surface area contributed by atoms with Gasteiger partial charge in [0.05, 0.1) is 22.4 Å². The SMILES string of the molecule is C1=C(c2ccccc2)NC(c2cc(-c3ccccc3)cc3oc4c(-n5c6ccccc6c6cc(-c7ccccc7)ccc65)cccc4c23)N=C1c1cccc(-c2ccccc2)c1. The number of allylic oxidation sites excluding steroid dienone is 1. The van der Waals surface area contributed by atoms with E-state index in [1.165, 1.54) is 27.5 Å². The van der Waals surface area contributed by atoms with Crippen LogP contribution in [0.25, 0.3) is 88.5 Å². The van der Waals surface area contributed by atoms with E-state index in [9.17, 15) is 0 Å². The first kappa shape index (κ1) is 35.7. The van der Waals surface area contributed by atoms with Crippen molar-refractivity contribution in [1.29, 1.82) is 0 Å². The summed E-state index contributed by atoms with van der Waals surface area (Å²) in [4.78, 5) is 5.57. The lowest BCUT2D eigenvalue weighted by molar-refractivity contribution is 0.657. The van der Waals surface area contributed by atoms with Crippen LogP contribution in [0.2, 0.25) is 0 Å². The first-order chi connectivity index (χ1) is 30.7. The number of nitrogens with one attached hydrogen (secondary N) is 1. The van der Waals surface area contributed by atoms with Gasteiger partial charge in [-0.15, -0.1) is 0 Å². The Bertz CT molecular complexity index is 3530. The molecule has 4 nitrogen and oxygen atoms in total. The van der Waals surface area contributed by atoms with Crippen LogP contribution in [0.1, 0.15) is 22.9 Å². The monoisotopic (exact) mass is 793 g/mol. The van der Waals surface area contributed by atoms with E-state index >= 15 is 0 Å². The fourth-order valence-corrected chi connectivity index (χ4v) is 9.29. The van der Waals surface area contributed by atoms with Gasteiger partial charge in [0.2, 0.25) is 0 Å². The molecule has 3 heterocycles. The van der Waals surface area contributed by atoms with Gasteiger partial charge in [-0.1, -0.05) is 176 Å². The number of hydrogen-bond acceptors (Lipinski definition) is 3. The van der Waals surface area contributed by atoms with E-state index in [4.69, 9.17) is 9.41 Å². The summed E-state index contributed by atoms with van der Waals surface area (Å²) >= 11 is 0. The summed E-state index contributed by atoms with van der Waals surface area (Å²) in [6.45, 7) is 0. The molecule has 1 atom stereocenters. The van der Waals surface area contributed by atoms with Gasteiger partial charge in [-0.2, -0.15) is 0 Å². The minimum atomic E-state index is -0.425. The normalized spacial score (nSPS) is 14.0. The molecule has 0 aliphatic carbocycles. The quantitative estimate of drug-likeness (QED) is 0.175. The average molecular weight is 794 g/mol. The number of nitrogens with zero attached hydrogens (tertiary/aromatic N) is 2. The van der Waals surface area contributed by atoms with E-state index in [2.05, 4.69) is 234 Å². The molecule has 0 saturated carbocycles. The molecule has 1 N–H and O–H groups in total. The maximum atomic E-state index is 7.17. The molecule has 12 rings (SSSR count). The van der Waals surface area contributed by atoms with Gasteiger partial charge in [0, 0.05) is 38.4 Å². The minimum absolute atomic E-state index is 0.425. The summed E-state index contributed by atoms with van der Waals surface area (Å²) in [7, 11) is 0. The van der Waals surface area contributed by atoms with Gasteiger partial charge in [-0.25, -0.2) is 0 Å². The Morgan fingerprint density at radius 2 is 0.984 bits per heavy atom. The lowest BCUT2D eigenvalue weighted by Crippen LogP contribution is -2.25. The highest BCUT2D eigenvalue weighted by Crippen LogP contribution is 2.43. The number of furan rings is 1. The van der Waals surface area contributed by atoms with Gasteiger partial charge < -0.3 is 14.3 Å². The van der Waals surface area contributed by atoms with Crippen molar-refractivity contribution in [2.24, 2.45) is 4.99 Å². The third-order valence-electron chi connectivity index (χ3n) is 12.2. The van der Waals surface area contributed by atoms with E-state index in [1.54, 1.807) is 0 Å². The first-order valence-corrected chi connectivity index (χ1v) is 21.1. The maximum absolute atomic E-state index is 7.17. The average Bonchev–Trinajstić information content (AvgIpc) is 3.90. The number of hydrogen-bond donors (Lipinski definition) is 1. The highest BCUT2D eigenvalue weighted by molar-refractivity contribution is 6.16. The summed E-state index contributed by atoms with van der Waals surface area (Å²) in [6.07, 6.45) is 1.76. The van der Waals surface area contributed by atoms with Gasteiger partial charge in [0.1, 0.15) is 11.7 Å². The smallest absolute Gasteiger partial charge is 0.159 e. The molecule has 1 aliphatic heterocycles. The third kappa shape index (κ3) is 6.12. The molecule has 292 valence electrons. The van der Waals surface area contributed by atoms with Crippen LogP contribution >= 0.6 is 0 Å². The predicted octanol–water partition coefficient (Wildman–Crippen LogP) is 14.8. The van der Waals surface area contributed by atoms with Crippen LogP contribution in [0.5, 0.6) is 0 Å². The summed E-state index contributed by atoms with van der Waals surface area (Å²) in [5.74, 6) is 0. The van der Waals surface area contributed by atoms with Crippen molar-refractivity contribution in [2.75, 3.05) is 0 Å². The third-order valence-corrected chi connectivity index (χ3v) is 12.2. The molecule has 1 unspecified atom stereocenters. The minimum Gasteiger partial charge on any atom is -0.454 e. The molecule has 0 spiro atoms. The van der Waals surface area contributed by atoms with E-state index in [-0.39, 0.29) is 0 Å². The molecular formula is C58H39N3O. The van der Waals surface area contributed by atoms with Crippen molar-refractivity contribution >= 4 is 55.2 Å². The summed E-state index contributed by atoms with van der Waals surface area (Å²) in [5, 5.41) is 8.38. The molecule has 0 saturated heterocycles. The Balaban J connectivity index is 1.09. The largest absolute Gasteiger partial charge is 0.454 e. The zero-order valence-electron chi connectivity index (χ0n) is 33.7. The van der Waals surface area contributed by atoms with Crippen molar-refractivity contribution in [3.63, 3.8) is 0 Å². The number of benzene rings is 9.